The largest absolute Gasteiger partial charge is 0.480 e. The minimum atomic E-state index is -1.24. The summed E-state index contributed by atoms with van der Waals surface area (Å²) in [6, 6.07) is 2.20. The molecule has 9 nitrogen and oxygen atoms in total. The molecule has 1 saturated carbocycles. The summed E-state index contributed by atoms with van der Waals surface area (Å²) in [5.74, 6) is -3.29. The van der Waals surface area contributed by atoms with Gasteiger partial charge in [-0.05, 0) is 65.7 Å². The molecule has 1 aliphatic heterocycles. The quantitative estimate of drug-likeness (QED) is 0.334. The van der Waals surface area contributed by atoms with Crippen molar-refractivity contribution in [2.75, 3.05) is 6.54 Å². The van der Waals surface area contributed by atoms with Crippen LogP contribution in [0.4, 0.5) is 4.39 Å². The Morgan fingerprint density at radius 3 is 2.59 bits per heavy atom. The van der Waals surface area contributed by atoms with Crippen LogP contribution in [0.1, 0.15) is 49.0 Å². The first-order valence-corrected chi connectivity index (χ1v) is 12.1. The average molecular weight is 537 g/mol. The van der Waals surface area contributed by atoms with Crippen molar-refractivity contribution in [2.45, 2.75) is 50.6 Å². The molecular weight excluding hydrogens is 511 g/mol. The minimum absolute atomic E-state index is 0.0153. The lowest BCUT2D eigenvalue weighted by Crippen LogP contribution is -2.53. The van der Waals surface area contributed by atoms with Gasteiger partial charge in [-0.2, -0.15) is 0 Å². The summed E-state index contributed by atoms with van der Waals surface area (Å²) in [5.41, 5.74) is 0.577. The first-order valence-electron chi connectivity index (χ1n) is 11.3. The van der Waals surface area contributed by atoms with E-state index in [2.05, 4.69) is 36.9 Å². The van der Waals surface area contributed by atoms with Crippen molar-refractivity contribution >= 4 is 50.5 Å². The molecule has 0 radical (unpaired) electrons. The monoisotopic (exact) mass is 536 g/mol. The van der Waals surface area contributed by atoms with E-state index < -0.39 is 41.6 Å². The summed E-state index contributed by atoms with van der Waals surface area (Å²) in [6.45, 7) is 0.561. The Labute approximate surface area is 203 Å². The summed E-state index contributed by atoms with van der Waals surface area (Å²) in [5, 5.41) is 18.2. The van der Waals surface area contributed by atoms with E-state index in [9.17, 15) is 28.7 Å². The van der Waals surface area contributed by atoms with Crippen molar-refractivity contribution in [3.05, 3.63) is 34.2 Å². The molecule has 5 N–H and O–H groups in total. The van der Waals surface area contributed by atoms with Crippen LogP contribution >= 0.6 is 15.9 Å². The Hall–Kier alpha value is -2.95. The number of carboxylic acid groups (broad SMARTS) is 1. The summed E-state index contributed by atoms with van der Waals surface area (Å²) >= 11 is 3.16. The molecular formula is C23H26BrFN4O5. The van der Waals surface area contributed by atoms with Gasteiger partial charge >= 0.3 is 5.97 Å². The second-order valence-corrected chi connectivity index (χ2v) is 9.77. The molecule has 1 aromatic heterocycles. The molecule has 3 amide bonds. The molecule has 2 heterocycles. The number of carboxylic acids is 1. The van der Waals surface area contributed by atoms with Gasteiger partial charge < -0.3 is 26.0 Å². The SMILES string of the molecule is O=C(NC(CC1CC1)C(=O)NC(C[C@@H]1CCCNC1=O)C(=O)O)c1cc2ccc(F)c(Br)c2[nH]1. The summed E-state index contributed by atoms with van der Waals surface area (Å²) in [7, 11) is 0. The number of hydrogen-bond donors (Lipinski definition) is 5. The van der Waals surface area contributed by atoms with Crippen LogP contribution in [0.25, 0.3) is 10.9 Å². The van der Waals surface area contributed by atoms with Crippen LogP contribution < -0.4 is 16.0 Å². The van der Waals surface area contributed by atoms with E-state index in [4.69, 9.17) is 0 Å². The highest BCUT2D eigenvalue weighted by molar-refractivity contribution is 9.10. The van der Waals surface area contributed by atoms with Gasteiger partial charge in [0, 0.05) is 17.8 Å². The number of carbonyl (C=O) groups is 4. The molecule has 3 atom stereocenters. The third-order valence-electron chi connectivity index (χ3n) is 6.35. The minimum Gasteiger partial charge on any atom is -0.480 e. The van der Waals surface area contributed by atoms with Gasteiger partial charge in [0.1, 0.15) is 23.6 Å². The Morgan fingerprint density at radius 2 is 1.91 bits per heavy atom. The summed E-state index contributed by atoms with van der Waals surface area (Å²) < 4.78 is 14.0. The molecule has 1 aromatic carbocycles. The maximum absolute atomic E-state index is 13.8. The number of benzene rings is 1. The molecule has 0 spiro atoms. The highest BCUT2D eigenvalue weighted by Crippen LogP contribution is 2.34. The van der Waals surface area contributed by atoms with Gasteiger partial charge in [-0.15, -0.1) is 0 Å². The molecule has 182 valence electrons. The standard InChI is InChI=1S/C23H26BrFN4O5/c24-18-14(25)6-5-12-9-16(27-19(12)18)22(32)28-15(8-11-3-4-11)21(31)29-17(23(33)34)10-13-2-1-7-26-20(13)30/h5-6,9,11,13,15,17,27H,1-4,7-8,10H2,(H,26,30)(H,28,32)(H,29,31)(H,33,34)/t13-,15?,17?/m0/s1. The van der Waals surface area contributed by atoms with Crippen molar-refractivity contribution in [1.82, 2.24) is 20.9 Å². The molecule has 2 aromatic rings. The Bertz CT molecular complexity index is 1130. The Morgan fingerprint density at radius 1 is 1.15 bits per heavy atom. The van der Waals surface area contributed by atoms with Crippen molar-refractivity contribution in [3.8, 4) is 0 Å². The van der Waals surface area contributed by atoms with E-state index in [-0.39, 0.29) is 28.4 Å². The van der Waals surface area contributed by atoms with Crippen LogP contribution in [-0.2, 0) is 14.4 Å². The van der Waals surface area contributed by atoms with Crippen molar-refractivity contribution in [1.29, 1.82) is 0 Å². The number of H-pyrrole nitrogens is 1. The third kappa shape index (κ3) is 5.57. The predicted molar refractivity (Wildman–Crippen MR) is 124 cm³/mol. The van der Waals surface area contributed by atoms with Crippen molar-refractivity contribution in [2.24, 2.45) is 11.8 Å². The molecule has 4 rings (SSSR count). The van der Waals surface area contributed by atoms with E-state index >= 15 is 0 Å². The van der Waals surface area contributed by atoms with Gasteiger partial charge in [-0.25, -0.2) is 9.18 Å². The van der Waals surface area contributed by atoms with Crippen molar-refractivity contribution < 1.29 is 28.7 Å². The fourth-order valence-corrected chi connectivity index (χ4v) is 4.71. The predicted octanol–water partition coefficient (Wildman–Crippen LogP) is 2.45. The number of fused-ring (bicyclic) bond motifs is 1. The fraction of sp³-hybridized carbons (Fsp3) is 0.478. The Kier molecular flexibility index (Phi) is 7.20. The number of hydrogen-bond acceptors (Lipinski definition) is 4. The molecule has 2 aliphatic rings. The molecule has 34 heavy (non-hydrogen) atoms. The van der Waals surface area contributed by atoms with E-state index in [0.29, 0.717) is 30.3 Å². The molecule has 2 fully saturated rings. The number of aromatic amines is 1. The number of carbonyl (C=O) groups excluding carboxylic acids is 3. The highest BCUT2D eigenvalue weighted by Gasteiger charge is 2.35. The van der Waals surface area contributed by atoms with Crippen molar-refractivity contribution in [3.63, 3.8) is 0 Å². The summed E-state index contributed by atoms with van der Waals surface area (Å²) in [6.07, 6.45) is 3.54. The van der Waals surface area contributed by atoms with Crippen LogP contribution in [0.3, 0.4) is 0 Å². The normalized spacial score (nSPS) is 19.8. The lowest BCUT2D eigenvalue weighted by Gasteiger charge is -2.26. The maximum atomic E-state index is 13.8. The smallest absolute Gasteiger partial charge is 0.326 e. The van der Waals surface area contributed by atoms with Crippen LogP contribution in [0.5, 0.6) is 0 Å². The lowest BCUT2D eigenvalue weighted by molar-refractivity contribution is -0.143. The van der Waals surface area contributed by atoms with Gasteiger partial charge in [0.25, 0.3) is 5.91 Å². The second kappa shape index (κ2) is 10.1. The van der Waals surface area contributed by atoms with E-state index in [1.165, 1.54) is 12.1 Å². The fourth-order valence-electron chi connectivity index (χ4n) is 4.25. The number of halogens is 2. The van der Waals surface area contributed by atoms with Crippen LogP contribution in [0, 0.1) is 17.7 Å². The molecule has 11 heteroatoms. The average Bonchev–Trinajstić information content (AvgIpc) is 3.51. The van der Waals surface area contributed by atoms with Crippen LogP contribution in [0.2, 0.25) is 0 Å². The number of aromatic nitrogens is 1. The van der Waals surface area contributed by atoms with Gasteiger partial charge in [0.15, 0.2) is 0 Å². The number of aliphatic carboxylic acids is 1. The van der Waals surface area contributed by atoms with Gasteiger partial charge in [0.2, 0.25) is 11.8 Å². The lowest BCUT2D eigenvalue weighted by atomic mass is 9.91. The number of nitrogens with one attached hydrogen (secondary N) is 4. The van der Waals surface area contributed by atoms with Crippen LogP contribution in [-0.4, -0.2) is 52.4 Å². The number of rotatable bonds is 9. The zero-order valence-electron chi connectivity index (χ0n) is 18.3. The van der Waals surface area contributed by atoms with Gasteiger partial charge in [-0.3, -0.25) is 14.4 Å². The maximum Gasteiger partial charge on any atom is 0.326 e. The van der Waals surface area contributed by atoms with Gasteiger partial charge in [0.05, 0.1) is 9.99 Å². The van der Waals surface area contributed by atoms with E-state index in [1.807, 2.05) is 0 Å². The third-order valence-corrected chi connectivity index (χ3v) is 7.13. The van der Waals surface area contributed by atoms with E-state index in [0.717, 1.165) is 19.3 Å². The first kappa shape index (κ1) is 24.2. The molecule has 1 saturated heterocycles. The topological polar surface area (TPSA) is 140 Å². The number of piperidine rings is 1. The Balaban J connectivity index is 1.46. The molecule has 2 unspecified atom stereocenters. The second-order valence-electron chi connectivity index (χ2n) is 8.98. The zero-order chi connectivity index (χ0) is 24.4. The number of amides is 3. The van der Waals surface area contributed by atoms with Gasteiger partial charge in [-0.1, -0.05) is 12.8 Å². The molecule has 1 aliphatic carbocycles. The first-order chi connectivity index (χ1) is 16.2. The summed E-state index contributed by atoms with van der Waals surface area (Å²) in [4.78, 5) is 52.6. The highest BCUT2D eigenvalue weighted by atomic mass is 79.9. The van der Waals surface area contributed by atoms with Crippen LogP contribution in [0.15, 0.2) is 22.7 Å². The zero-order valence-corrected chi connectivity index (χ0v) is 19.9. The van der Waals surface area contributed by atoms with E-state index in [1.54, 1.807) is 6.07 Å². The molecule has 0 bridgehead atoms.